The second-order valence-corrected chi connectivity index (χ2v) is 5.43. The standard InChI is InChI=1S/C18H19FN2O5/c1-4-20(11-12-5-7-16(25-2)14(19)9-12)18(22)13-6-8-17(26-3)15(10-13)21(23)24/h5-10H,4,11H2,1-3H3. The van der Waals surface area contributed by atoms with Crippen LogP contribution in [0.25, 0.3) is 0 Å². The lowest BCUT2D eigenvalue weighted by molar-refractivity contribution is -0.385. The van der Waals surface area contributed by atoms with E-state index in [9.17, 15) is 19.3 Å². The maximum absolute atomic E-state index is 13.8. The van der Waals surface area contributed by atoms with Gasteiger partial charge < -0.3 is 14.4 Å². The highest BCUT2D eigenvalue weighted by Gasteiger charge is 2.21. The van der Waals surface area contributed by atoms with E-state index in [0.29, 0.717) is 12.1 Å². The van der Waals surface area contributed by atoms with Gasteiger partial charge in [-0.05, 0) is 36.8 Å². The van der Waals surface area contributed by atoms with E-state index in [1.807, 2.05) is 0 Å². The van der Waals surface area contributed by atoms with Crippen LogP contribution in [0.3, 0.4) is 0 Å². The van der Waals surface area contributed by atoms with Gasteiger partial charge in [-0.15, -0.1) is 0 Å². The summed E-state index contributed by atoms with van der Waals surface area (Å²) in [4.78, 5) is 24.7. The van der Waals surface area contributed by atoms with Gasteiger partial charge in [-0.2, -0.15) is 0 Å². The summed E-state index contributed by atoms with van der Waals surface area (Å²) in [5.41, 5.74) is 0.458. The Hall–Kier alpha value is -3.16. The fourth-order valence-electron chi connectivity index (χ4n) is 2.50. The highest BCUT2D eigenvalue weighted by Crippen LogP contribution is 2.28. The number of rotatable bonds is 7. The van der Waals surface area contributed by atoms with Crippen molar-refractivity contribution in [2.75, 3.05) is 20.8 Å². The predicted octanol–water partition coefficient (Wildman–Crippen LogP) is 3.41. The second-order valence-electron chi connectivity index (χ2n) is 5.43. The van der Waals surface area contributed by atoms with E-state index in [-0.39, 0.29) is 29.3 Å². The van der Waals surface area contributed by atoms with Crippen LogP contribution in [-0.4, -0.2) is 36.5 Å². The van der Waals surface area contributed by atoms with Gasteiger partial charge in [0, 0.05) is 24.7 Å². The number of benzene rings is 2. The Morgan fingerprint density at radius 2 is 1.81 bits per heavy atom. The molecule has 0 aliphatic carbocycles. The topological polar surface area (TPSA) is 81.9 Å². The molecule has 0 heterocycles. The molecule has 2 aromatic rings. The molecule has 0 radical (unpaired) electrons. The summed E-state index contributed by atoms with van der Waals surface area (Å²) in [7, 11) is 2.69. The van der Waals surface area contributed by atoms with Crippen molar-refractivity contribution < 1.29 is 23.6 Å². The number of ether oxygens (including phenoxy) is 2. The smallest absolute Gasteiger partial charge is 0.311 e. The molecule has 7 nitrogen and oxygen atoms in total. The largest absolute Gasteiger partial charge is 0.494 e. The first-order chi connectivity index (χ1) is 12.4. The number of methoxy groups -OCH3 is 2. The molecule has 26 heavy (non-hydrogen) atoms. The van der Waals surface area contributed by atoms with Crippen molar-refractivity contribution in [3.63, 3.8) is 0 Å². The highest BCUT2D eigenvalue weighted by atomic mass is 19.1. The van der Waals surface area contributed by atoms with Crippen molar-refractivity contribution >= 4 is 11.6 Å². The third-order valence-corrected chi connectivity index (χ3v) is 3.88. The quantitative estimate of drug-likeness (QED) is 0.557. The average Bonchev–Trinajstić information content (AvgIpc) is 2.65. The summed E-state index contributed by atoms with van der Waals surface area (Å²) in [5.74, 6) is -0.719. The lowest BCUT2D eigenvalue weighted by atomic mass is 10.1. The van der Waals surface area contributed by atoms with Crippen LogP contribution in [-0.2, 0) is 6.54 Å². The van der Waals surface area contributed by atoms with Crippen LogP contribution in [0.1, 0.15) is 22.8 Å². The molecule has 0 spiro atoms. The molecule has 0 bridgehead atoms. The second kappa shape index (κ2) is 8.28. The molecule has 0 aromatic heterocycles. The predicted molar refractivity (Wildman–Crippen MR) is 93.0 cm³/mol. The fraction of sp³-hybridized carbons (Fsp3) is 0.278. The fourth-order valence-corrected chi connectivity index (χ4v) is 2.50. The van der Waals surface area contributed by atoms with E-state index in [1.54, 1.807) is 13.0 Å². The van der Waals surface area contributed by atoms with E-state index in [1.165, 1.54) is 49.5 Å². The molecule has 0 unspecified atom stereocenters. The zero-order valence-corrected chi connectivity index (χ0v) is 14.7. The van der Waals surface area contributed by atoms with Gasteiger partial charge in [0.1, 0.15) is 0 Å². The van der Waals surface area contributed by atoms with Crippen molar-refractivity contribution in [2.45, 2.75) is 13.5 Å². The number of nitro groups is 1. The number of amides is 1. The molecule has 2 aromatic carbocycles. The van der Waals surface area contributed by atoms with Crippen LogP contribution in [0.2, 0.25) is 0 Å². The van der Waals surface area contributed by atoms with Crippen molar-refractivity contribution in [2.24, 2.45) is 0 Å². The van der Waals surface area contributed by atoms with E-state index < -0.39 is 16.6 Å². The van der Waals surface area contributed by atoms with E-state index in [4.69, 9.17) is 9.47 Å². The van der Waals surface area contributed by atoms with Crippen LogP contribution < -0.4 is 9.47 Å². The summed E-state index contributed by atoms with van der Waals surface area (Å²) in [6.45, 7) is 2.29. The lowest BCUT2D eigenvalue weighted by Gasteiger charge is -2.21. The third-order valence-electron chi connectivity index (χ3n) is 3.88. The maximum atomic E-state index is 13.8. The van der Waals surface area contributed by atoms with Gasteiger partial charge >= 0.3 is 5.69 Å². The van der Waals surface area contributed by atoms with Gasteiger partial charge in [-0.25, -0.2) is 4.39 Å². The third kappa shape index (κ3) is 4.08. The number of hydrogen-bond acceptors (Lipinski definition) is 5. The molecule has 0 aliphatic heterocycles. The number of carbonyl (C=O) groups excluding carboxylic acids is 1. The SMILES string of the molecule is CCN(Cc1ccc(OC)c(F)c1)C(=O)c1ccc(OC)c([N+](=O)[O-])c1. The summed E-state index contributed by atoms with van der Waals surface area (Å²) in [6, 6.07) is 8.47. The van der Waals surface area contributed by atoms with Crippen LogP contribution in [0, 0.1) is 15.9 Å². The van der Waals surface area contributed by atoms with Gasteiger partial charge in [-0.3, -0.25) is 14.9 Å². The molecule has 0 N–H and O–H groups in total. The minimum Gasteiger partial charge on any atom is -0.494 e. The van der Waals surface area contributed by atoms with E-state index in [0.717, 1.165) is 0 Å². The molecule has 8 heteroatoms. The summed E-state index contributed by atoms with van der Waals surface area (Å²) in [6.07, 6.45) is 0. The monoisotopic (exact) mass is 362 g/mol. The molecule has 2 rings (SSSR count). The Balaban J connectivity index is 2.27. The number of carbonyl (C=O) groups is 1. The van der Waals surface area contributed by atoms with Crippen LogP contribution >= 0.6 is 0 Å². The van der Waals surface area contributed by atoms with Crippen molar-refractivity contribution in [3.05, 3.63) is 63.5 Å². The van der Waals surface area contributed by atoms with E-state index in [2.05, 4.69) is 0 Å². The van der Waals surface area contributed by atoms with E-state index >= 15 is 0 Å². The minimum absolute atomic E-state index is 0.0758. The average molecular weight is 362 g/mol. The molecular formula is C18H19FN2O5. The molecule has 0 saturated carbocycles. The Morgan fingerprint density at radius 3 is 2.35 bits per heavy atom. The maximum Gasteiger partial charge on any atom is 0.311 e. The van der Waals surface area contributed by atoms with Crippen LogP contribution in [0.4, 0.5) is 10.1 Å². The van der Waals surface area contributed by atoms with Crippen molar-refractivity contribution in [3.8, 4) is 11.5 Å². The van der Waals surface area contributed by atoms with Gasteiger partial charge in [0.2, 0.25) is 0 Å². The highest BCUT2D eigenvalue weighted by molar-refractivity contribution is 5.95. The Bertz CT molecular complexity index is 825. The van der Waals surface area contributed by atoms with Crippen molar-refractivity contribution in [1.82, 2.24) is 4.90 Å². The molecule has 138 valence electrons. The van der Waals surface area contributed by atoms with Gasteiger partial charge in [0.25, 0.3) is 5.91 Å². The number of halogens is 1. The number of nitro benzene ring substituents is 1. The number of hydrogen-bond donors (Lipinski definition) is 0. The zero-order chi connectivity index (χ0) is 19.3. The van der Waals surface area contributed by atoms with Gasteiger partial charge in [-0.1, -0.05) is 6.07 Å². The molecular weight excluding hydrogens is 343 g/mol. The minimum atomic E-state index is -0.606. The normalized spacial score (nSPS) is 10.3. The van der Waals surface area contributed by atoms with Gasteiger partial charge in [0.15, 0.2) is 17.3 Å². The summed E-state index contributed by atoms with van der Waals surface area (Å²) in [5, 5.41) is 11.1. The van der Waals surface area contributed by atoms with Crippen LogP contribution in [0.15, 0.2) is 36.4 Å². The Kier molecular flexibility index (Phi) is 6.11. The molecule has 0 fully saturated rings. The van der Waals surface area contributed by atoms with Crippen LogP contribution in [0.5, 0.6) is 11.5 Å². The van der Waals surface area contributed by atoms with Gasteiger partial charge in [0.05, 0.1) is 19.1 Å². The molecule has 0 saturated heterocycles. The Labute approximate surface area is 150 Å². The summed E-state index contributed by atoms with van der Waals surface area (Å²) >= 11 is 0. The first kappa shape index (κ1) is 19.2. The molecule has 0 aliphatic rings. The first-order valence-corrected chi connectivity index (χ1v) is 7.85. The number of nitrogens with zero attached hydrogens (tertiary/aromatic N) is 2. The zero-order valence-electron chi connectivity index (χ0n) is 14.7. The molecule has 1 amide bonds. The first-order valence-electron chi connectivity index (χ1n) is 7.85. The van der Waals surface area contributed by atoms with Crippen molar-refractivity contribution in [1.29, 1.82) is 0 Å². The lowest BCUT2D eigenvalue weighted by Crippen LogP contribution is -2.30. The summed E-state index contributed by atoms with van der Waals surface area (Å²) < 4.78 is 23.6. The molecule has 0 atom stereocenters. The Morgan fingerprint density at radius 1 is 1.15 bits per heavy atom.